The second-order valence-corrected chi connectivity index (χ2v) is 8.37. The molecule has 0 saturated heterocycles. The number of nitrogens with one attached hydrogen (secondary N) is 1. The highest BCUT2D eigenvalue weighted by atomic mass is 32.1. The van der Waals surface area contributed by atoms with Crippen molar-refractivity contribution in [3.63, 3.8) is 0 Å². The molecule has 1 aliphatic rings. The molecule has 30 heavy (non-hydrogen) atoms. The van der Waals surface area contributed by atoms with Crippen LogP contribution in [0.4, 0.5) is 10.5 Å². The third kappa shape index (κ3) is 3.44. The topological polar surface area (TPSA) is 89.5 Å². The number of Topliss-reactive ketones (excluding diaryl/α,β-unsaturated/α-hetero) is 3. The van der Waals surface area contributed by atoms with Gasteiger partial charge in [0.15, 0.2) is 17.3 Å². The van der Waals surface area contributed by atoms with Gasteiger partial charge in [-0.3, -0.25) is 19.7 Å². The molecule has 0 spiro atoms. The summed E-state index contributed by atoms with van der Waals surface area (Å²) in [5.41, 5.74) is 0.686. The molecule has 1 N–H and O–H groups in total. The van der Waals surface area contributed by atoms with Gasteiger partial charge in [0.1, 0.15) is 11.7 Å². The number of hydrogen-bond donors (Lipinski definition) is 1. The summed E-state index contributed by atoms with van der Waals surface area (Å²) in [7, 11) is 0. The number of para-hydroxylation sites is 1. The average molecular weight is 419 g/mol. The van der Waals surface area contributed by atoms with E-state index in [1.165, 1.54) is 23.5 Å². The number of carbonyl (C=O) groups is 4. The predicted molar refractivity (Wildman–Crippen MR) is 113 cm³/mol. The Labute approximate surface area is 176 Å². The van der Waals surface area contributed by atoms with Crippen LogP contribution in [0.15, 0.2) is 54.6 Å². The lowest BCUT2D eigenvalue weighted by Gasteiger charge is -2.10. The maximum absolute atomic E-state index is 13.1. The van der Waals surface area contributed by atoms with Crippen LogP contribution in [0.2, 0.25) is 0 Å². The fraction of sp³-hybridized carbons (Fsp3) is 0.130. The minimum absolute atomic E-state index is 0.0375. The second kappa shape index (κ2) is 7.68. The largest absolute Gasteiger partial charge is 0.417 e. The molecule has 3 aromatic rings. The number of fused-ring (bicyclic) bond motifs is 1. The molecule has 7 heteroatoms. The molecular formula is C23H17NO5S. The van der Waals surface area contributed by atoms with Gasteiger partial charge in [0, 0.05) is 20.9 Å². The molecule has 0 aliphatic heterocycles. The quantitative estimate of drug-likeness (QED) is 0.482. The average Bonchev–Trinajstić information content (AvgIpc) is 3.18. The summed E-state index contributed by atoms with van der Waals surface area (Å²) in [4.78, 5) is 52.9. The number of hydrogen-bond acceptors (Lipinski definition) is 6. The molecule has 0 radical (unpaired) electrons. The fourth-order valence-corrected chi connectivity index (χ4v) is 4.48. The van der Waals surface area contributed by atoms with E-state index < -0.39 is 29.4 Å². The Morgan fingerprint density at radius 1 is 0.967 bits per heavy atom. The van der Waals surface area contributed by atoms with Crippen LogP contribution in [0.3, 0.4) is 0 Å². The van der Waals surface area contributed by atoms with Gasteiger partial charge < -0.3 is 4.74 Å². The van der Waals surface area contributed by atoms with Crippen LogP contribution in [0.5, 0.6) is 5.75 Å². The van der Waals surface area contributed by atoms with Crippen molar-refractivity contribution in [2.24, 2.45) is 5.92 Å². The van der Waals surface area contributed by atoms with Crippen molar-refractivity contribution in [1.82, 2.24) is 0 Å². The first-order valence-electron chi connectivity index (χ1n) is 9.23. The third-order valence-corrected chi connectivity index (χ3v) is 5.83. The Bertz CT molecular complexity index is 1200. The first-order valence-corrected chi connectivity index (χ1v) is 10.0. The van der Waals surface area contributed by atoms with Gasteiger partial charge >= 0.3 is 6.09 Å². The molecular weight excluding hydrogens is 402 g/mol. The van der Waals surface area contributed by atoms with Crippen molar-refractivity contribution in [3.8, 4) is 5.75 Å². The maximum atomic E-state index is 13.1. The van der Waals surface area contributed by atoms with Gasteiger partial charge in [-0.2, -0.15) is 0 Å². The lowest BCUT2D eigenvalue weighted by molar-refractivity contribution is 0.0756. The minimum atomic E-state index is -1.43. The van der Waals surface area contributed by atoms with Crippen LogP contribution in [-0.4, -0.2) is 23.4 Å². The predicted octanol–water partition coefficient (Wildman–Crippen LogP) is 4.85. The summed E-state index contributed by atoms with van der Waals surface area (Å²) in [6.45, 7) is 3.65. The van der Waals surface area contributed by atoms with E-state index in [-0.39, 0.29) is 16.8 Å². The Balaban J connectivity index is 1.62. The maximum Gasteiger partial charge on any atom is 0.417 e. The standard InChI is InChI=1S/C23H17NO5S/c1-12-11-16(13(2)30-12)21(26)19-20(25)15-9-6-10-17(18(15)22(19)27)24-23(28)29-14-7-4-3-5-8-14/h3-11,19H,1-2H3,(H,24,28). The molecule has 2 aromatic carbocycles. The van der Waals surface area contributed by atoms with Crippen molar-refractivity contribution < 1.29 is 23.9 Å². The van der Waals surface area contributed by atoms with Crippen LogP contribution in [-0.2, 0) is 0 Å². The summed E-state index contributed by atoms with van der Waals surface area (Å²) in [5, 5.41) is 2.51. The zero-order valence-electron chi connectivity index (χ0n) is 16.2. The van der Waals surface area contributed by atoms with Gasteiger partial charge in [-0.1, -0.05) is 30.3 Å². The number of benzene rings is 2. The monoisotopic (exact) mass is 419 g/mol. The van der Waals surface area contributed by atoms with Crippen molar-refractivity contribution in [2.45, 2.75) is 13.8 Å². The Hall–Kier alpha value is -3.58. The van der Waals surface area contributed by atoms with E-state index in [0.29, 0.717) is 11.3 Å². The number of ketones is 3. The van der Waals surface area contributed by atoms with Gasteiger partial charge in [0.2, 0.25) is 0 Å². The van der Waals surface area contributed by atoms with E-state index in [2.05, 4.69) is 5.32 Å². The highest BCUT2D eigenvalue weighted by molar-refractivity contribution is 7.12. The highest BCUT2D eigenvalue weighted by Gasteiger charge is 2.45. The van der Waals surface area contributed by atoms with E-state index in [4.69, 9.17) is 4.74 Å². The van der Waals surface area contributed by atoms with E-state index in [0.717, 1.165) is 9.75 Å². The molecule has 1 unspecified atom stereocenters. The van der Waals surface area contributed by atoms with Crippen LogP contribution in [0.1, 0.15) is 40.8 Å². The number of carbonyl (C=O) groups excluding carboxylic acids is 4. The van der Waals surface area contributed by atoms with E-state index in [1.54, 1.807) is 49.4 Å². The van der Waals surface area contributed by atoms with Crippen molar-refractivity contribution >= 4 is 40.5 Å². The number of aryl methyl sites for hydroxylation is 2. The first kappa shape index (κ1) is 19.7. The Morgan fingerprint density at radius 2 is 1.70 bits per heavy atom. The minimum Gasteiger partial charge on any atom is -0.410 e. The Kier molecular flexibility index (Phi) is 5.05. The Morgan fingerprint density at radius 3 is 2.37 bits per heavy atom. The molecule has 6 nitrogen and oxygen atoms in total. The number of amides is 1. The number of anilines is 1. The first-order chi connectivity index (χ1) is 14.4. The van der Waals surface area contributed by atoms with Crippen molar-refractivity contribution in [3.05, 3.63) is 81.0 Å². The molecule has 1 aromatic heterocycles. The van der Waals surface area contributed by atoms with Gasteiger partial charge in [-0.25, -0.2) is 4.79 Å². The van der Waals surface area contributed by atoms with Crippen molar-refractivity contribution in [1.29, 1.82) is 0 Å². The summed E-state index contributed by atoms with van der Waals surface area (Å²) in [6.07, 6.45) is -0.797. The normalized spacial score (nSPS) is 15.1. The molecule has 0 bridgehead atoms. The van der Waals surface area contributed by atoms with Gasteiger partial charge in [-0.05, 0) is 38.1 Å². The van der Waals surface area contributed by atoms with E-state index in [9.17, 15) is 19.2 Å². The molecule has 150 valence electrons. The zero-order chi connectivity index (χ0) is 21.4. The lowest BCUT2D eigenvalue weighted by atomic mass is 9.93. The second-order valence-electron chi connectivity index (χ2n) is 6.91. The summed E-state index contributed by atoms with van der Waals surface area (Å²) < 4.78 is 5.19. The SMILES string of the molecule is Cc1cc(C(=O)C2C(=O)c3cccc(NC(=O)Oc4ccccc4)c3C2=O)c(C)s1. The molecule has 1 amide bonds. The van der Waals surface area contributed by atoms with Crippen LogP contribution >= 0.6 is 11.3 Å². The molecule has 1 aliphatic carbocycles. The smallest absolute Gasteiger partial charge is 0.410 e. The molecule has 1 atom stereocenters. The number of ether oxygens (including phenoxy) is 1. The number of thiophene rings is 1. The van der Waals surface area contributed by atoms with Gasteiger partial charge in [0.05, 0.1) is 11.3 Å². The third-order valence-electron chi connectivity index (χ3n) is 4.86. The van der Waals surface area contributed by atoms with Crippen LogP contribution in [0.25, 0.3) is 0 Å². The molecule has 0 saturated carbocycles. The van der Waals surface area contributed by atoms with Crippen LogP contribution < -0.4 is 10.1 Å². The zero-order valence-corrected chi connectivity index (χ0v) is 17.0. The van der Waals surface area contributed by atoms with Crippen LogP contribution in [0, 0.1) is 19.8 Å². The summed E-state index contributed by atoms with van der Waals surface area (Å²) >= 11 is 1.44. The van der Waals surface area contributed by atoms with E-state index in [1.807, 2.05) is 6.92 Å². The summed E-state index contributed by atoms with van der Waals surface area (Å²) in [5.74, 6) is -2.77. The van der Waals surface area contributed by atoms with Crippen molar-refractivity contribution in [2.75, 3.05) is 5.32 Å². The molecule has 4 rings (SSSR count). The molecule has 1 heterocycles. The lowest BCUT2D eigenvalue weighted by Crippen LogP contribution is -2.26. The number of rotatable bonds is 4. The van der Waals surface area contributed by atoms with E-state index >= 15 is 0 Å². The van der Waals surface area contributed by atoms with Gasteiger partial charge in [0.25, 0.3) is 0 Å². The molecule has 0 fully saturated rings. The fourth-order valence-electron chi connectivity index (χ4n) is 3.55. The highest BCUT2D eigenvalue weighted by Crippen LogP contribution is 2.35. The van der Waals surface area contributed by atoms with Gasteiger partial charge in [-0.15, -0.1) is 11.3 Å². The summed E-state index contributed by atoms with van der Waals surface area (Å²) in [6, 6.07) is 14.7.